The molecule has 2 nitrogen and oxygen atoms in total. The first-order valence-corrected chi connectivity index (χ1v) is 7.34. The van der Waals surface area contributed by atoms with Crippen LogP contribution in [0.3, 0.4) is 0 Å². The van der Waals surface area contributed by atoms with E-state index in [-0.39, 0.29) is 11.5 Å². The fourth-order valence-corrected chi connectivity index (χ4v) is 2.68. The van der Waals surface area contributed by atoms with Gasteiger partial charge in [-0.15, -0.1) is 11.3 Å². The highest BCUT2D eigenvalue weighted by Crippen LogP contribution is 2.20. The molecule has 98 valence electrons. The Balaban J connectivity index is 2.25. The zero-order chi connectivity index (χ0) is 12.9. The van der Waals surface area contributed by atoms with Gasteiger partial charge in [0.15, 0.2) is 0 Å². The average molecular weight is 254 g/mol. The van der Waals surface area contributed by atoms with Gasteiger partial charge in [0.2, 0.25) is 0 Å². The molecular formula is C14H26N2S. The molecule has 17 heavy (non-hydrogen) atoms. The van der Waals surface area contributed by atoms with Crippen molar-refractivity contribution in [3.05, 3.63) is 21.9 Å². The summed E-state index contributed by atoms with van der Waals surface area (Å²) in [5.41, 5.74) is 7.81. The zero-order valence-electron chi connectivity index (χ0n) is 11.5. The minimum atomic E-state index is 0.208. The number of thiophene rings is 1. The number of nitrogens with one attached hydrogen (secondary N) is 1. The quantitative estimate of drug-likeness (QED) is 0.765. The van der Waals surface area contributed by atoms with Crippen molar-refractivity contribution in [2.75, 3.05) is 6.54 Å². The second-order valence-corrected chi connectivity index (χ2v) is 6.66. The van der Waals surface area contributed by atoms with E-state index in [0.29, 0.717) is 0 Å². The van der Waals surface area contributed by atoms with Crippen molar-refractivity contribution in [2.45, 2.75) is 53.1 Å². The third-order valence-electron chi connectivity index (χ3n) is 3.25. The topological polar surface area (TPSA) is 38.0 Å². The lowest BCUT2D eigenvalue weighted by Crippen LogP contribution is -2.37. The highest BCUT2D eigenvalue weighted by molar-refractivity contribution is 7.10. The summed E-state index contributed by atoms with van der Waals surface area (Å²) in [6.07, 6.45) is 2.17. The standard InChI is InChI=1S/C14H26N2S/c1-5-11-7-9-17-12(11)10-16-8-6-13(15)14(2,3)4/h7,9,13,16H,5-6,8,10,15H2,1-4H3. The number of hydrogen-bond donors (Lipinski definition) is 2. The molecule has 1 atom stereocenters. The second kappa shape index (κ2) is 6.53. The van der Waals surface area contributed by atoms with Gasteiger partial charge in [0.05, 0.1) is 0 Å². The molecule has 0 aliphatic carbocycles. The van der Waals surface area contributed by atoms with Crippen molar-refractivity contribution >= 4 is 11.3 Å². The number of nitrogens with two attached hydrogens (primary N) is 1. The summed E-state index contributed by atoms with van der Waals surface area (Å²) in [5, 5.41) is 5.67. The van der Waals surface area contributed by atoms with Crippen LogP contribution < -0.4 is 11.1 Å². The molecule has 1 unspecified atom stereocenters. The maximum Gasteiger partial charge on any atom is 0.0302 e. The Hall–Kier alpha value is -0.380. The van der Waals surface area contributed by atoms with E-state index in [9.17, 15) is 0 Å². The molecule has 0 fully saturated rings. The second-order valence-electron chi connectivity index (χ2n) is 5.66. The van der Waals surface area contributed by atoms with Gasteiger partial charge in [0, 0.05) is 17.5 Å². The van der Waals surface area contributed by atoms with Gasteiger partial charge >= 0.3 is 0 Å². The Morgan fingerprint density at radius 1 is 1.41 bits per heavy atom. The molecule has 0 bridgehead atoms. The number of rotatable bonds is 6. The zero-order valence-corrected chi connectivity index (χ0v) is 12.4. The lowest BCUT2D eigenvalue weighted by Gasteiger charge is -2.27. The average Bonchev–Trinajstić information content (AvgIpc) is 2.70. The van der Waals surface area contributed by atoms with Gasteiger partial charge in [-0.2, -0.15) is 0 Å². The predicted octanol–water partition coefficient (Wildman–Crippen LogP) is 3.16. The van der Waals surface area contributed by atoms with Gasteiger partial charge in [0.25, 0.3) is 0 Å². The maximum atomic E-state index is 6.13. The van der Waals surface area contributed by atoms with Crippen molar-refractivity contribution in [3.63, 3.8) is 0 Å². The smallest absolute Gasteiger partial charge is 0.0302 e. The van der Waals surface area contributed by atoms with Gasteiger partial charge in [-0.3, -0.25) is 0 Å². The molecule has 0 aliphatic rings. The Morgan fingerprint density at radius 3 is 2.71 bits per heavy atom. The predicted molar refractivity (Wildman–Crippen MR) is 77.5 cm³/mol. The van der Waals surface area contributed by atoms with Crippen molar-refractivity contribution in [3.8, 4) is 0 Å². The van der Waals surface area contributed by atoms with Crippen LogP contribution in [0.2, 0.25) is 0 Å². The van der Waals surface area contributed by atoms with Crippen LogP contribution in [0.5, 0.6) is 0 Å². The van der Waals surface area contributed by atoms with Crippen LogP contribution in [0.25, 0.3) is 0 Å². The van der Waals surface area contributed by atoms with Crippen molar-refractivity contribution < 1.29 is 0 Å². The van der Waals surface area contributed by atoms with Gasteiger partial charge in [0.1, 0.15) is 0 Å². The molecule has 0 saturated carbocycles. The van der Waals surface area contributed by atoms with Gasteiger partial charge in [-0.25, -0.2) is 0 Å². The van der Waals surface area contributed by atoms with Crippen LogP contribution in [0, 0.1) is 5.41 Å². The highest BCUT2D eigenvalue weighted by Gasteiger charge is 2.19. The normalized spacial score (nSPS) is 13.9. The van der Waals surface area contributed by atoms with E-state index in [2.05, 4.69) is 44.5 Å². The van der Waals surface area contributed by atoms with E-state index in [4.69, 9.17) is 5.73 Å². The van der Waals surface area contributed by atoms with Gasteiger partial charge in [-0.1, -0.05) is 27.7 Å². The minimum absolute atomic E-state index is 0.208. The Labute approximate surface area is 110 Å². The van der Waals surface area contributed by atoms with Crippen LogP contribution in [-0.2, 0) is 13.0 Å². The summed E-state index contributed by atoms with van der Waals surface area (Å²) in [7, 11) is 0. The lowest BCUT2D eigenvalue weighted by atomic mass is 9.85. The SMILES string of the molecule is CCc1ccsc1CNCCC(N)C(C)(C)C. The molecule has 0 aliphatic heterocycles. The Morgan fingerprint density at radius 2 is 2.12 bits per heavy atom. The van der Waals surface area contributed by atoms with E-state index >= 15 is 0 Å². The highest BCUT2D eigenvalue weighted by atomic mass is 32.1. The molecule has 1 aromatic heterocycles. The summed E-state index contributed by atoms with van der Waals surface area (Å²) in [5.74, 6) is 0. The first kappa shape index (κ1) is 14.7. The largest absolute Gasteiger partial charge is 0.327 e. The third-order valence-corrected chi connectivity index (χ3v) is 4.21. The minimum Gasteiger partial charge on any atom is -0.327 e. The van der Waals surface area contributed by atoms with Crippen LogP contribution in [0.1, 0.15) is 44.6 Å². The summed E-state index contributed by atoms with van der Waals surface area (Å²) < 4.78 is 0. The lowest BCUT2D eigenvalue weighted by molar-refractivity contribution is 0.302. The summed E-state index contributed by atoms with van der Waals surface area (Å²) in [6.45, 7) is 10.8. The van der Waals surface area contributed by atoms with E-state index in [1.165, 1.54) is 10.4 Å². The third kappa shape index (κ3) is 4.78. The van der Waals surface area contributed by atoms with Crippen molar-refractivity contribution in [1.29, 1.82) is 0 Å². The first-order chi connectivity index (χ1) is 7.95. The Kier molecular flexibility index (Phi) is 5.63. The number of hydrogen-bond acceptors (Lipinski definition) is 3. The molecule has 1 rings (SSSR count). The van der Waals surface area contributed by atoms with E-state index < -0.39 is 0 Å². The molecule has 0 radical (unpaired) electrons. The fraction of sp³-hybridized carbons (Fsp3) is 0.714. The van der Waals surface area contributed by atoms with Crippen molar-refractivity contribution in [2.24, 2.45) is 11.1 Å². The molecule has 0 amide bonds. The monoisotopic (exact) mass is 254 g/mol. The Bertz CT molecular complexity index is 325. The number of aryl methyl sites for hydroxylation is 1. The van der Waals surface area contributed by atoms with Crippen LogP contribution in [-0.4, -0.2) is 12.6 Å². The van der Waals surface area contributed by atoms with E-state index in [1.54, 1.807) is 0 Å². The molecular weight excluding hydrogens is 228 g/mol. The molecule has 3 heteroatoms. The molecule has 0 saturated heterocycles. The van der Waals surface area contributed by atoms with Gasteiger partial charge in [-0.05, 0) is 41.8 Å². The van der Waals surface area contributed by atoms with Crippen LogP contribution in [0.4, 0.5) is 0 Å². The fourth-order valence-electron chi connectivity index (χ4n) is 1.73. The first-order valence-electron chi connectivity index (χ1n) is 6.46. The summed E-state index contributed by atoms with van der Waals surface area (Å²) in [4.78, 5) is 1.47. The molecule has 1 aromatic rings. The summed E-state index contributed by atoms with van der Waals surface area (Å²) >= 11 is 1.84. The molecule has 1 heterocycles. The summed E-state index contributed by atoms with van der Waals surface area (Å²) in [6, 6.07) is 2.49. The molecule has 0 aromatic carbocycles. The van der Waals surface area contributed by atoms with E-state index in [1.807, 2.05) is 11.3 Å². The van der Waals surface area contributed by atoms with E-state index in [0.717, 1.165) is 25.9 Å². The van der Waals surface area contributed by atoms with Crippen LogP contribution >= 0.6 is 11.3 Å². The van der Waals surface area contributed by atoms with Gasteiger partial charge < -0.3 is 11.1 Å². The molecule has 0 spiro atoms. The van der Waals surface area contributed by atoms with Crippen molar-refractivity contribution in [1.82, 2.24) is 5.32 Å². The van der Waals surface area contributed by atoms with Crippen LogP contribution in [0.15, 0.2) is 11.4 Å². The molecule has 3 N–H and O–H groups in total. The maximum absolute atomic E-state index is 6.13.